The largest absolute Gasteiger partial charge is 0.492 e. The molecule has 1 aromatic carbocycles. The van der Waals surface area contributed by atoms with Gasteiger partial charge in [0.2, 0.25) is 5.95 Å². The third-order valence-corrected chi connectivity index (χ3v) is 5.18. The molecule has 2 aromatic heterocycles. The van der Waals surface area contributed by atoms with E-state index in [1.54, 1.807) is 10.7 Å². The molecule has 3 aromatic rings. The Morgan fingerprint density at radius 3 is 2.77 bits per heavy atom. The maximum Gasteiger partial charge on any atom is 0.222 e. The van der Waals surface area contributed by atoms with Gasteiger partial charge in [-0.2, -0.15) is 5.10 Å². The smallest absolute Gasteiger partial charge is 0.222 e. The SMILES string of the molecule is Cn1cc(Cc2ccccc2OCCN2CCOCC2)c(-c2cc(Cl)nc(N)n2)n1. The monoisotopic (exact) mass is 428 g/mol. The maximum atomic E-state index is 6.13. The lowest BCUT2D eigenvalue weighted by molar-refractivity contribution is 0.0322. The molecule has 9 heteroatoms. The number of hydrogen-bond donors (Lipinski definition) is 1. The first-order valence-corrected chi connectivity index (χ1v) is 10.3. The Balaban J connectivity index is 1.51. The molecule has 0 aliphatic carbocycles. The highest BCUT2D eigenvalue weighted by atomic mass is 35.5. The number of rotatable bonds is 7. The Morgan fingerprint density at radius 1 is 1.17 bits per heavy atom. The number of nitrogens with zero attached hydrogens (tertiary/aromatic N) is 5. The Morgan fingerprint density at radius 2 is 1.97 bits per heavy atom. The third-order valence-electron chi connectivity index (χ3n) is 4.98. The summed E-state index contributed by atoms with van der Waals surface area (Å²) < 4.78 is 13.3. The molecule has 0 atom stereocenters. The Kier molecular flexibility index (Phi) is 6.47. The second kappa shape index (κ2) is 9.42. The molecule has 1 saturated heterocycles. The summed E-state index contributed by atoms with van der Waals surface area (Å²) in [5.74, 6) is 1.00. The fourth-order valence-corrected chi connectivity index (χ4v) is 3.73. The zero-order valence-electron chi connectivity index (χ0n) is 16.9. The molecule has 3 heterocycles. The van der Waals surface area contributed by atoms with E-state index in [0.717, 1.165) is 55.4 Å². The highest BCUT2D eigenvalue weighted by Crippen LogP contribution is 2.28. The highest BCUT2D eigenvalue weighted by Gasteiger charge is 2.16. The summed E-state index contributed by atoms with van der Waals surface area (Å²) in [5, 5.41) is 4.86. The molecule has 4 rings (SSSR count). The highest BCUT2D eigenvalue weighted by molar-refractivity contribution is 6.29. The summed E-state index contributed by atoms with van der Waals surface area (Å²) >= 11 is 6.07. The standard InChI is InChI=1S/C21H25ClN6O2/c1-27-14-16(20(26-27)17-13-19(22)25-21(23)24-17)12-15-4-2-3-5-18(15)30-11-8-28-6-9-29-10-7-28/h2-5,13-14H,6-12H2,1H3,(H2,23,24,25). The van der Waals surface area contributed by atoms with E-state index in [2.05, 4.69) is 26.0 Å². The molecular weight excluding hydrogens is 404 g/mol. The van der Waals surface area contributed by atoms with Gasteiger partial charge in [0.25, 0.3) is 0 Å². The predicted molar refractivity (Wildman–Crippen MR) is 116 cm³/mol. The van der Waals surface area contributed by atoms with Crippen LogP contribution in [0.25, 0.3) is 11.4 Å². The van der Waals surface area contributed by atoms with Crippen LogP contribution in [0.5, 0.6) is 5.75 Å². The van der Waals surface area contributed by atoms with Gasteiger partial charge < -0.3 is 15.2 Å². The number of para-hydroxylation sites is 1. The second-order valence-electron chi connectivity index (χ2n) is 7.20. The number of benzene rings is 1. The summed E-state index contributed by atoms with van der Waals surface area (Å²) in [6, 6.07) is 9.75. The van der Waals surface area contributed by atoms with Gasteiger partial charge in [-0.15, -0.1) is 0 Å². The van der Waals surface area contributed by atoms with Crippen molar-refractivity contribution in [3.63, 3.8) is 0 Å². The molecule has 0 bridgehead atoms. The molecule has 0 amide bonds. The predicted octanol–water partition coefficient (Wildman–Crippen LogP) is 2.41. The zero-order chi connectivity index (χ0) is 20.9. The van der Waals surface area contributed by atoms with Gasteiger partial charge in [0.15, 0.2) is 0 Å². The van der Waals surface area contributed by atoms with Crippen molar-refractivity contribution in [1.82, 2.24) is 24.6 Å². The molecule has 158 valence electrons. The van der Waals surface area contributed by atoms with Crippen LogP contribution in [0.2, 0.25) is 5.15 Å². The molecule has 1 aliphatic heterocycles. The summed E-state index contributed by atoms with van der Waals surface area (Å²) in [6.07, 6.45) is 2.63. The number of halogens is 1. The van der Waals surface area contributed by atoms with E-state index >= 15 is 0 Å². The minimum absolute atomic E-state index is 0.126. The van der Waals surface area contributed by atoms with E-state index < -0.39 is 0 Å². The van der Waals surface area contributed by atoms with Crippen LogP contribution in [0, 0.1) is 0 Å². The van der Waals surface area contributed by atoms with Crippen molar-refractivity contribution < 1.29 is 9.47 Å². The van der Waals surface area contributed by atoms with Crippen molar-refractivity contribution in [2.24, 2.45) is 7.05 Å². The lowest BCUT2D eigenvalue weighted by Crippen LogP contribution is -2.38. The number of aryl methyl sites for hydroxylation is 1. The van der Waals surface area contributed by atoms with E-state index in [0.29, 0.717) is 23.9 Å². The van der Waals surface area contributed by atoms with Crippen molar-refractivity contribution in [2.75, 3.05) is 45.2 Å². The topological polar surface area (TPSA) is 91.3 Å². The van der Waals surface area contributed by atoms with E-state index in [1.807, 2.05) is 31.4 Å². The molecule has 0 saturated carbocycles. The average Bonchev–Trinajstić information content (AvgIpc) is 3.09. The second-order valence-corrected chi connectivity index (χ2v) is 7.58. The van der Waals surface area contributed by atoms with E-state index in [4.69, 9.17) is 26.8 Å². The zero-order valence-corrected chi connectivity index (χ0v) is 17.7. The lowest BCUT2D eigenvalue weighted by atomic mass is 10.0. The maximum absolute atomic E-state index is 6.13. The molecule has 0 spiro atoms. The number of hydrogen-bond acceptors (Lipinski definition) is 7. The van der Waals surface area contributed by atoms with Gasteiger partial charge in [0, 0.05) is 50.9 Å². The van der Waals surface area contributed by atoms with Crippen LogP contribution in [0.3, 0.4) is 0 Å². The molecule has 8 nitrogen and oxygen atoms in total. The normalized spacial score (nSPS) is 14.7. The van der Waals surface area contributed by atoms with Crippen molar-refractivity contribution in [3.05, 3.63) is 52.8 Å². The van der Waals surface area contributed by atoms with E-state index in [-0.39, 0.29) is 5.95 Å². The lowest BCUT2D eigenvalue weighted by Gasteiger charge is -2.26. The van der Waals surface area contributed by atoms with Gasteiger partial charge >= 0.3 is 0 Å². The van der Waals surface area contributed by atoms with Crippen LogP contribution in [-0.2, 0) is 18.2 Å². The Bertz CT molecular complexity index is 983. The van der Waals surface area contributed by atoms with E-state index in [9.17, 15) is 0 Å². The fraction of sp³-hybridized carbons (Fsp3) is 0.381. The van der Waals surface area contributed by atoms with Crippen LogP contribution in [0.15, 0.2) is 36.5 Å². The Hall–Kier alpha value is -2.68. The Labute approximate surface area is 180 Å². The molecule has 1 aliphatic rings. The van der Waals surface area contributed by atoms with Crippen molar-refractivity contribution in [1.29, 1.82) is 0 Å². The van der Waals surface area contributed by atoms with Gasteiger partial charge in [-0.3, -0.25) is 9.58 Å². The number of morpholine rings is 1. The summed E-state index contributed by atoms with van der Waals surface area (Å²) in [6.45, 7) is 5.00. The molecule has 2 N–H and O–H groups in total. The molecule has 1 fully saturated rings. The molecule has 0 unspecified atom stereocenters. The molecule has 0 radical (unpaired) electrons. The average molecular weight is 429 g/mol. The first kappa shape index (κ1) is 20.6. The number of ether oxygens (including phenoxy) is 2. The van der Waals surface area contributed by atoms with Crippen molar-refractivity contribution >= 4 is 17.5 Å². The minimum atomic E-state index is 0.126. The van der Waals surface area contributed by atoms with Gasteiger partial charge in [-0.1, -0.05) is 29.8 Å². The minimum Gasteiger partial charge on any atom is -0.492 e. The first-order valence-electron chi connectivity index (χ1n) is 9.92. The molecule has 30 heavy (non-hydrogen) atoms. The van der Waals surface area contributed by atoms with E-state index in [1.165, 1.54) is 0 Å². The quantitative estimate of drug-likeness (QED) is 0.578. The van der Waals surface area contributed by atoms with Crippen LogP contribution in [0.4, 0.5) is 5.95 Å². The number of anilines is 1. The first-order chi connectivity index (χ1) is 14.6. The van der Waals surface area contributed by atoms with Crippen LogP contribution < -0.4 is 10.5 Å². The van der Waals surface area contributed by atoms with Crippen molar-refractivity contribution in [3.8, 4) is 17.1 Å². The molecular formula is C21H25ClN6O2. The van der Waals surface area contributed by atoms with Gasteiger partial charge in [-0.25, -0.2) is 9.97 Å². The number of nitrogens with two attached hydrogens (primary N) is 1. The fourth-order valence-electron chi connectivity index (χ4n) is 3.54. The van der Waals surface area contributed by atoms with Gasteiger partial charge in [0.05, 0.1) is 18.9 Å². The van der Waals surface area contributed by atoms with Crippen LogP contribution >= 0.6 is 11.6 Å². The van der Waals surface area contributed by atoms with Gasteiger partial charge in [0.1, 0.15) is 23.2 Å². The van der Waals surface area contributed by atoms with Crippen LogP contribution in [0.1, 0.15) is 11.1 Å². The number of nitrogen functional groups attached to an aromatic ring is 1. The van der Waals surface area contributed by atoms with Crippen LogP contribution in [-0.4, -0.2) is 64.1 Å². The number of aromatic nitrogens is 4. The third kappa shape index (κ3) is 5.08. The summed E-state index contributed by atoms with van der Waals surface area (Å²) in [7, 11) is 1.88. The summed E-state index contributed by atoms with van der Waals surface area (Å²) in [4.78, 5) is 10.6. The van der Waals surface area contributed by atoms with Gasteiger partial charge in [-0.05, 0) is 11.6 Å². The van der Waals surface area contributed by atoms with Crippen molar-refractivity contribution in [2.45, 2.75) is 6.42 Å². The summed E-state index contributed by atoms with van der Waals surface area (Å²) in [5.41, 5.74) is 9.21.